The molecule has 0 aliphatic heterocycles. The van der Waals surface area contributed by atoms with Crippen molar-refractivity contribution in [2.45, 2.75) is 27.0 Å². The molecule has 1 aromatic carbocycles. The van der Waals surface area contributed by atoms with Gasteiger partial charge in [0.05, 0.1) is 24.5 Å². The highest BCUT2D eigenvalue weighted by Crippen LogP contribution is 2.28. The molecule has 0 atom stereocenters. The van der Waals surface area contributed by atoms with Gasteiger partial charge >= 0.3 is 5.97 Å². The number of H-pyrrole nitrogens is 1. The van der Waals surface area contributed by atoms with Crippen LogP contribution in [0.15, 0.2) is 28.7 Å². The largest absolute Gasteiger partial charge is 0.464 e. The Morgan fingerprint density at radius 2 is 2.14 bits per heavy atom. The Bertz CT molecular complexity index is 1030. The Morgan fingerprint density at radius 1 is 1.36 bits per heavy atom. The molecule has 146 valence electrons. The molecule has 0 amide bonds. The molecule has 2 aromatic heterocycles. The second-order valence-electron chi connectivity index (χ2n) is 6.03. The first-order valence-corrected chi connectivity index (χ1v) is 9.24. The van der Waals surface area contributed by atoms with E-state index in [2.05, 4.69) is 36.3 Å². The van der Waals surface area contributed by atoms with Crippen molar-refractivity contribution >= 4 is 27.7 Å². The number of esters is 1. The molecule has 2 heterocycles. The van der Waals surface area contributed by atoms with Crippen LogP contribution in [-0.2, 0) is 22.7 Å². The van der Waals surface area contributed by atoms with Crippen LogP contribution in [0.4, 0.5) is 0 Å². The first-order chi connectivity index (χ1) is 13.4. The van der Waals surface area contributed by atoms with Crippen molar-refractivity contribution in [2.24, 2.45) is 0 Å². The zero-order valence-electron chi connectivity index (χ0n) is 15.3. The number of ketones is 1. The molecule has 0 saturated carbocycles. The van der Waals surface area contributed by atoms with E-state index in [1.807, 2.05) is 6.07 Å². The summed E-state index contributed by atoms with van der Waals surface area (Å²) in [5.74, 6) is -0.320. The summed E-state index contributed by atoms with van der Waals surface area (Å²) in [7, 11) is 0. The molecular weight excluding hydrogens is 430 g/mol. The van der Waals surface area contributed by atoms with Crippen molar-refractivity contribution in [1.29, 1.82) is 0 Å². The van der Waals surface area contributed by atoms with E-state index in [9.17, 15) is 14.7 Å². The molecule has 0 spiro atoms. The number of halogens is 1. The average Bonchev–Trinajstić information content (AvgIpc) is 3.25. The third-order valence-electron chi connectivity index (χ3n) is 4.07. The highest BCUT2D eigenvalue weighted by Gasteiger charge is 2.24. The van der Waals surface area contributed by atoms with E-state index in [-0.39, 0.29) is 37.3 Å². The first kappa shape index (κ1) is 19.9. The normalized spacial score (nSPS) is 10.9. The van der Waals surface area contributed by atoms with Crippen LogP contribution >= 0.6 is 15.9 Å². The Labute approximate surface area is 168 Å². The molecule has 3 aromatic rings. The van der Waals surface area contributed by atoms with Crippen LogP contribution in [0.25, 0.3) is 11.5 Å². The summed E-state index contributed by atoms with van der Waals surface area (Å²) in [5, 5.41) is 21.9. The number of nitrogens with one attached hydrogen (secondary N) is 1. The van der Waals surface area contributed by atoms with Gasteiger partial charge in [0.25, 0.3) is 0 Å². The van der Waals surface area contributed by atoms with Gasteiger partial charge in [0, 0.05) is 22.5 Å². The predicted molar refractivity (Wildman–Crippen MR) is 102 cm³/mol. The number of aliphatic hydroxyl groups is 1. The van der Waals surface area contributed by atoms with Gasteiger partial charge in [-0.1, -0.05) is 28.1 Å². The van der Waals surface area contributed by atoms with Crippen molar-refractivity contribution in [3.8, 4) is 11.5 Å². The van der Waals surface area contributed by atoms with Crippen LogP contribution in [-0.4, -0.2) is 48.7 Å². The quantitative estimate of drug-likeness (QED) is 0.419. The van der Waals surface area contributed by atoms with E-state index >= 15 is 0 Å². The SMILES string of the molecule is CC(=O)OCCn1nnc(-c2[nH]c(CO)c(C(=O)c3cccc(Br)c3)c2C)n1. The predicted octanol–water partition coefficient (Wildman–Crippen LogP) is 2.03. The van der Waals surface area contributed by atoms with Crippen molar-refractivity contribution in [2.75, 3.05) is 6.61 Å². The zero-order valence-corrected chi connectivity index (χ0v) is 16.9. The van der Waals surface area contributed by atoms with Crippen LogP contribution in [0.1, 0.15) is 34.1 Å². The lowest BCUT2D eigenvalue weighted by molar-refractivity contribution is -0.141. The van der Waals surface area contributed by atoms with Crippen LogP contribution in [0, 0.1) is 6.92 Å². The van der Waals surface area contributed by atoms with Crippen LogP contribution < -0.4 is 0 Å². The summed E-state index contributed by atoms with van der Waals surface area (Å²) < 4.78 is 5.65. The average molecular weight is 448 g/mol. The Morgan fingerprint density at radius 3 is 2.82 bits per heavy atom. The highest BCUT2D eigenvalue weighted by atomic mass is 79.9. The number of hydrogen-bond donors (Lipinski definition) is 2. The van der Waals surface area contributed by atoms with Crippen molar-refractivity contribution in [3.05, 3.63) is 51.1 Å². The third-order valence-corrected chi connectivity index (χ3v) is 4.57. The lowest BCUT2D eigenvalue weighted by Crippen LogP contribution is -2.11. The second kappa shape index (κ2) is 8.44. The summed E-state index contributed by atoms with van der Waals surface area (Å²) in [5.41, 5.74) is 2.38. The van der Waals surface area contributed by atoms with E-state index in [0.29, 0.717) is 28.1 Å². The summed E-state index contributed by atoms with van der Waals surface area (Å²) in [6.45, 7) is 3.13. The molecule has 0 saturated heterocycles. The standard InChI is InChI=1S/C18H18BrN5O4/c1-10-15(17(27)12-4-3-5-13(19)8-12)14(9-25)20-16(10)18-21-23-24(22-18)6-7-28-11(2)26/h3-5,8,20,25H,6-7,9H2,1-2H3. The van der Waals surface area contributed by atoms with Gasteiger partial charge in [0.1, 0.15) is 6.61 Å². The minimum Gasteiger partial charge on any atom is -0.464 e. The van der Waals surface area contributed by atoms with E-state index in [4.69, 9.17) is 4.74 Å². The van der Waals surface area contributed by atoms with Gasteiger partial charge < -0.3 is 14.8 Å². The van der Waals surface area contributed by atoms with Crippen LogP contribution in [0.2, 0.25) is 0 Å². The van der Waals surface area contributed by atoms with Crippen molar-refractivity contribution in [1.82, 2.24) is 25.2 Å². The number of rotatable bonds is 7. The van der Waals surface area contributed by atoms with Crippen molar-refractivity contribution in [3.63, 3.8) is 0 Å². The van der Waals surface area contributed by atoms with Gasteiger partial charge in [0.2, 0.25) is 5.82 Å². The lowest BCUT2D eigenvalue weighted by Gasteiger charge is -2.04. The molecular formula is C18H18BrN5O4. The molecule has 10 heteroatoms. The Balaban J connectivity index is 1.91. The fourth-order valence-corrected chi connectivity index (χ4v) is 3.19. The van der Waals surface area contributed by atoms with E-state index in [1.165, 1.54) is 11.7 Å². The molecule has 0 bridgehead atoms. The van der Waals surface area contributed by atoms with Gasteiger partial charge in [-0.2, -0.15) is 4.80 Å². The molecule has 0 aliphatic rings. The van der Waals surface area contributed by atoms with E-state index in [0.717, 1.165) is 4.47 Å². The third kappa shape index (κ3) is 4.18. The molecule has 0 aliphatic carbocycles. The number of tetrazole rings is 1. The Hall–Kier alpha value is -2.85. The molecule has 3 rings (SSSR count). The van der Waals surface area contributed by atoms with Crippen LogP contribution in [0.5, 0.6) is 0 Å². The molecule has 0 fully saturated rings. The summed E-state index contributed by atoms with van der Waals surface area (Å²) in [6.07, 6.45) is 0. The number of aliphatic hydroxyl groups excluding tert-OH is 1. The topological polar surface area (TPSA) is 123 Å². The number of hydrogen-bond acceptors (Lipinski definition) is 7. The number of carbonyl (C=O) groups excluding carboxylic acids is 2. The Kier molecular flexibility index (Phi) is 6.00. The minimum atomic E-state index is -0.385. The maximum absolute atomic E-state index is 13.0. The van der Waals surface area contributed by atoms with E-state index in [1.54, 1.807) is 25.1 Å². The number of ether oxygens (including phenoxy) is 1. The number of carbonyl (C=O) groups is 2. The van der Waals surface area contributed by atoms with Crippen molar-refractivity contribution < 1.29 is 19.4 Å². The zero-order chi connectivity index (χ0) is 20.3. The highest BCUT2D eigenvalue weighted by molar-refractivity contribution is 9.10. The lowest BCUT2D eigenvalue weighted by atomic mass is 9.99. The monoisotopic (exact) mass is 447 g/mol. The summed E-state index contributed by atoms with van der Waals surface area (Å²) in [4.78, 5) is 28.1. The first-order valence-electron chi connectivity index (χ1n) is 8.44. The van der Waals surface area contributed by atoms with Gasteiger partial charge in [-0.3, -0.25) is 9.59 Å². The minimum absolute atomic E-state index is 0.128. The van der Waals surface area contributed by atoms with Gasteiger partial charge in [-0.15, -0.1) is 10.2 Å². The maximum Gasteiger partial charge on any atom is 0.302 e. The van der Waals surface area contributed by atoms with Gasteiger partial charge in [-0.25, -0.2) is 0 Å². The summed E-state index contributed by atoms with van der Waals surface area (Å²) in [6, 6.07) is 7.04. The number of benzene rings is 1. The number of aromatic amines is 1. The number of nitrogens with zero attached hydrogens (tertiary/aromatic N) is 4. The second-order valence-corrected chi connectivity index (χ2v) is 6.94. The molecule has 0 unspecified atom stereocenters. The van der Waals surface area contributed by atoms with Gasteiger partial charge in [0.15, 0.2) is 5.78 Å². The van der Waals surface area contributed by atoms with E-state index < -0.39 is 0 Å². The van der Waals surface area contributed by atoms with Crippen LogP contribution in [0.3, 0.4) is 0 Å². The molecule has 9 nitrogen and oxygen atoms in total. The number of aromatic nitrogens is 5. The fraction of sp³-hybridized carbons (Fsp3) is 0.278. The molecule has 28 heavy (non-hydrogen) atoms. The fourth-order valence-electron chi connectivity index (χ4n) is 2.79. The maximum atomic E-state index is 13.0. The summed E-state index contributed by atoms with van der Waals surface area (Å²) >= 11 is 3.36. The van der Waals surface area contributed by atoms with Gasteiger partial charge in [-0.05, 0) is 29.8 Å². The smallest absolute Gasteiger partial charge is 0.302 e. The molecule has 0 radical (unpaired) electrons. The molecule has 2 N–H and O–H groups in total.